The van der Waals surface area contributed by atoms with Crippen molar-refractivity contribution in [2.75, 3.05) is 22.3 Å². The molecule has 0 bridgehead atoms. The van der Waals surface area contributed by atoms with Crippen molar-refractivity contribution < 1.29 is 8.42 Å². The summed E-state index contributed by atoms with van der Waals surface area (Å²) in [4.78, 5) is 4.14. The molecule has 0 atom stereocenters. The molecular formula is C17H23N3O2S. The van der Waals surface area contributed by atoms with Crippen LogP contribution in [0.15, 0.2) is 48.7 Å². The van der Waals surface area contributed by atoms with Gasteiger partial charge in [0.1, 0.15) is 5.82 Å². The SMILES string of the molecule is CC(C)CNc1ccc(NS(=O)(=O)CCc2ccccc2)nc1. The van der Waals surface area contributed by atoms with Gasteiger partial charge in [-0.3, -0.25) is 4.72 Å². The quantitative estimate of drug-likeness (QED) is 0.778. The molecular weight excluding hydrogens is 310 g/mol. The molecule has 1 aromatic heterocycles. The van der Waals surface area contributed by atoms with Crippen LogP contribution in [0.3, 0.4) is 0 Å². The zero-order chi connectivity index (χ0) is 16.7. The van der Waals surface area contributed by atoms with Crippen LogP contribution in [0.1, 0.15) is 19.4 Å². The molecule has 0 amide bonds. The van der Waals surface area contributed by atoms with Gasteiger partial charge in [-0.2, -0.15) is 0 Å². The van der Waals surface area contributed by atoms with Crippen LogP contribution in [0.5, 0.6) is 0 Å². The number of anilines is 2. The van der Waals surface area contributed by atoms with E-state index in [-0.39, 0.29) is 5.75 Å². The minimum atomic E-state index is -3.40. The van der Waals surface area contributed by atoms with E-state index in [1.165, 1.54) is 0 Å². The van der Waals surface area contributed by atoms with Crippen LogP contribution >= 0.6 is 0 Å². The number of hydrogen-bond donors (Lipinski definition) is 2. The highest BCUT2D eigenvalue weighted by Gasteiger charge is 2.11. The summed E-state index contributed by atoms with van der Waals surface area (Å²) in [5.74, 6) is 0.908. The number of hydrogen-bond acceptors (Lipinski definition) is 4. The number of nitrogens with one attached hydrogen (secondary N) is 2. The molecule has 0 radical (unpaired) electrons. The van der Waals surface area contributed by atoms with Crippen molar-refractivity contribution in [1.29, 1.82) is 0 Å². The standard InChI is InChI=1S/C17H23N3O2S/c1-14(2)12-18-16-8-9-17(19-13-16)20-23(21,22)11-10-15-6-4-3-5-7-15/h3-9,13-14,18H,10-12H2,1-2H3,(H,19,20). The third-order valence-electron chi connectivity index (χ3n) is 3.24. The van der Waals surface area contributed by atoms with Gasteiger partial charge in [0.25, 0.3) is 0 Å². The number of sulfonamides is 1. The van der Waals surface area contributed by atoms with Crippen LogP contribution in [-0.2, 0) is 16.4 Å². The first-order valence-corrected chi connectivity index (χ1v) is 9.34. The number of nitrogens with zero attached hydrogens (tertiary/aromatic N) is 1. The second-order valence-corrected chi connectivity index (χ2v) is 7.71. The van der Waals surface area contributed by atoms with Crippen LogP contribution in [-0.4, -0.2) is 25.7 Å². The Bertz CT molecular complexity index is 698. The largest absolute Gasteiger partial charge is 0.384 e. The average Bonchev–Trinajstić information content (AvgIpc) is 2.53. The highest BCUT2D eigenvalue weighted by Crippen LogP contribution is 2.12. The number of aryl methyl sites for hydroxylation is 1. The summed E-state index contributed by atoms with van der Waals surface area (Å²) >= 11 is 0. The molecule has 124 valence electrons. The predicted molar refractivity (Wildman–Crippen MR) is 95.1 cm³/mol. The summed E-state index contributed by atoms with van der Waals surface area (Å²) in [5, 5.41) is 3.24. The monoisotopic (exact) mass is 333 g/mol. The van der Waals surface area contributed by atoms with Crippen LogP contribution in [0.2, 0.25) is 0 Å². The second-order valence-electron chi connectivity index (χ2n) is 5.86. The Kier molecular flexibility index (Phi) is 5.98. The van der Waals surface area contributed by atoms with E-state index in [1.54, 1.807) is 12.3 Å². The van der Waals surface area contributed by atoms with Crippen LogP contribution < -0.4 is 10.0 Å². The normalized spacial score (nSPS) is 11.4. The van der Waals surface area contributed by atoms with Crippen molar-refractivity contribution in [3.63, 3.8) is 0 Å². The lowest BCUT2D eigenvalue weighted by molar-refractivity contribution is 0.600. The molecule has 0 aliphatic rings. The zero-order valence-electron chi connectivity index (χ0n) is 13.5. The van der Waals surface area contributed by atoms with Crippen molar-refractivity contribution >= 4 is 21.5 Å². The maximum Gasteiger partial charge on any atom is 0.234 e. The summed E-state index contributed by atoms with van der Waals surface area (Å²) in [6, 6.07) is 13.0. The van der Waals surface area contributed by atoms with Gasteiger partial charge < -0.3 is 5.32 Å². The van der Waals surface area contributed by atoms with Gasteiger partial charge in [0.05, 0.1) is 17.6 Å². The molecule has 6 heteroatoms. The first kappa shape index (κ1) is 17.3. The Morgan fingerprint density at radius 2 is 1.83 bits per heavy atom. The summed E-state index contributed by atoms with van der Waals surface area (Å²) in [6.07, 6.45) is 2.11. The third kappa shape index (κ3) is 6.28. The van der Waals surface area contributed by atoms with Crippen LogP contribution in [0, 0.1) is 5.92 Å². The van der Waals surface area contributed by atoms with Crippen molar-refractivity contribution in [3.05, 3.63) is 54.2 Å². The molecule has 5 nitrogen and oxygen atoms in total. The molecule has 0 saturated carbocycles. The summed E-state index contributed by atoms with van der Waals surface area (Å²) < 4.78 is 26.7. The average molecular weight is 333 g/mol. The van der Waals surface area contributed by atoms with E-state index < -0.39 is 10.0 Å². The van der Waals surface area contributed by atoms with Gasteiger partial charge in [0.15, 0.2) is 0 Å². The van der Waals surface area contributed by atoms with Crippen molar-refractivity contribution in [1.82, 2.24) is 4.98 Å². The van der Waals surface area contributed by atoms with E-state index in [2.05, 4.69) is 28.9 Å². The number of rotatable bonds is 8. The molecule has 2 N–H and O–H groups in total. The lowest BCUT2D eigenvalue weighted by Gasteiger charge is -2.10. The molecule has 2 aromatic rings. The highest BCUT2D eigenvalue weighted by atomic mass is 32.2. The highest BCUT2D eigenvalue weighted by molar-refractivity contribution is 7.92. The van der Waals surface area contributed by atoms with Gasteiger partial charge in [-0.05, 0) is 30.0 Å². The van der Waals surface area contributed by atoms with Gasteiger partial charge in [-0.15, -0.1) is 0 Å². The Morgan fingerprint density at radius 3 is 2.43 bits per heavy atom. The molecule has 2 rings (SSSR count). The lowest BCUT2D eigenvalue weighted by atomic mass is 10.2. The second kappa shape index (κ2) is 7.97. The van der Waals surface area contributed by atoms with Crippen LogP contribution in [0.25, 0.3) is 0 Å². The van der Waals surface area contributed by atoms with Gasteiger partial charge in [-0.25, -0.2) is 13.4 Å². The first-order valence-electron chi connectivity index (χ1n) is 7.69. The fourth-order valence-corrected chi connectivity index (χ4v) is 3.03. The topological polar surface area (TPSA) is 71.1 Å². The molecule has 0 unspecified atom stereocenters. The van der Waals surface area contributed by atoms with E-state index >= 15 is 0 Å². The van der Waals surface area contributed by atoms with E-state index in [0.29, 0.717) is 18.2 Å². The van der Waals surface area contributed by atoms with Gasteiger partial charge in [-0.1, -0.05) is 44.2 Å². The maximum absolute atomic E-state index is 12.1. The summed E-state index contributed by atoms with van der Waals surface area (Å²) in [5.41, 5.74) is 1.88. The van der Waals surface area contributed by atoms with Gasteiger partial charge in [0.2, 0.25) is 10.0 Å². The predicted octanol–water partition coefficient (Wildman–Crippen LogP) is 3.13. The fraction of sp³-hybridized carbons (Fsp3) is 0.353. The minimum Gasteiger partial charge on any atom is -0.384 e. The smallest absolute Gasteiger partial charge is 0.234 e. The van der Waals surface area contributed by atoms with Gasteiger partial charge in [0, 0.05) is 6.54 Å². The van der Waals surface area contributed by atoms with Crippen LogP contribution in [0.4, 0.5) is 11.5 Å². The Hall–Kier alpha value is -2.08. The summed E-state index contributed by atoms with van der Waals surface area (Å²) in [6.45, 7) is 5.09. The molecule has 23 heavy (non-hydrogen) atoms. The molecule has 0 aliphatic carbocycles. The summed E-state index contributed by atoms with van der Waals surface area (Å²) in [7, 11) is -3.40. The number of pyridine rings is 1. The molecule has 0 spiro atoms. The fourth-order valence-electron chi connectivity index (χ4n) is 1.99. The number of aromatic nitrogens is 1. The van der Waals surface area contributed by atoms with E-state index in [1.807, 2.05) is 36.4 Å². The Labute approximate surface area is 138 Å². The number of benzene rings is 1. The van der Waals surface area contributed by atoms with E-state index in [0.717, 1.165) is 17.8 Å². The molecule has 0 fully saturated rings. The Balaban J connectivity index is 1.89. The van der Waals surface area contributed by atoms with Crippen molar-refractivity contribution in [3.8, 4) is 0 Å². The van der Waals surface area contributed by atoms with Gasteiger partial charge >= 0.3 is 0 Å². The van der Waals surface area contributed by atoms with Crippen molar-refractivity contribution in [2.24, 2.45) is 5.92 Å². The Morgan fingerprint density at radius 1 is 1.09 bits per heavy atom. The maximum atomic E-state index is 12.1. The third-order valence-corrected chi connectivity index (χ3v) is 4.50. The first-order chi connectivity index (χ1) is 10.9. The zero-order valence-corrected chi connectivity index (χ0v) is 14.3. The van der Waals surface area contributed by atoms with Crippen molar-refractivity contribution in [2.45, 2.75) is 20.3 Å². The van der Waals surface area contributed by atoms with E-state index in [4.69, 9.17) is 0 Å². The lowest BCUT2D eigenvalue weighted by Crippen LogP contribution is -2.19. The van der Waals surface area contributed by atoms with E-state index in [9.17, 15) is 8.42 Å². The molecule has 1 heterocycles. The minimum absolute atomic E-state index is 0.0338. The molecule has 0 aliphatic heterocycles. The molecule has 1 aromatic carbocycles. The molecule has 0 saturated heterocycles.